The normalized spacial score (nSPS) is 19.6. The molecule has 0 saturated carbocycles. The molecule has 6 heteroatoms. The second-order valence-corrected chi connectivity index (χ2v) is 8.95. The highest BCUT2D eigenvalue weighted by Gasteiger charge is 2.37. The number of carbonyl (C=O) groups is 2. The lowest BCUT2D eigenvalue weighted by Crippen LogP contribution is -2.36. The molecule has 2 N–H and O–H groups in total. The zero-order valence-electron chi connectivity index (χ0n) is 16.9. The number of aromatic nitrogens is 1. The van der Waals surface area contributed by atoms with Crippen LogP contribution in [0.25, 0.3) is 11.3 Å². The molecule has 5 nitrogen and oxygen atoms in total. The lowest BCUT2D eigenvalue weighted by molar-refractivity contribution is -0.146. The number of rotatable bonds is 4. The molecule has 3 rings (SSSR count). The average Bonchev–Trinajstić information content (AvgIpc) is 2.98. The SMILES string of the molecule is CC1=C(C)C[C@@H](C(=O)Nc2nc(-c3cc(C)ccc3C)c(C)s2)[C@@H](C(=O)O)C1. The summed E-state index contributed by atoms with van der Waals surface area (Å²) in [6, 6.07) is 6.23. The predicted molar refractivity (Wildman–Crippen MR) is 113 cm³/mol. The van der Waals surface area contributed by atoms with Crippen LogP contribution in [0.15, 0.2) is 29.3 Å². The summed E-state index contributed by atoms with van der Waals surface area (Å²) in [6.45, 7) is 9.99. The molecule has 148 valence electrons. The van der Waals surface area contributed by atoms with Crippen LogP contribution in [0.4, 0.5) is 5.13 Å². The topological polar surface area (TPSA) is 79.3 Å². The van der Waals surface area contributed by atoms with Crippen molar-refractivity contribution >= 4 is 28.3 Å². The Labute approximate surface area is 169 Å². The number of carboxylic acids is 1. The van der Waals surface area contributed by atoms with E-state index in [2.05, 4.69) is 28.5 Å². The summed E-state index contributed by atoms with van der Waals surface area (Å²) in [5.74, 6) is -2.45. The molecule has 0 fully saturated rings. The van der Waals surface area contributed by atoms with Gasteiger partial charge < -0.3 is 10.4 Å². The third-order valence-corrected chi connectivity index (χ3v) is 6.48. The second kappa shape index (κ2) is 7.87. The monoisotopic (exact) mass is 398 g/mol. The van der Waals surface area contributed by atoms with Gasteiger partial charge in [-0.05, 0) is 59.1 Å². The number of benzene rings is 1. The average molecular weight is 399 g/mol. The molecule has 1 aliphatic rings. The smallest absolute Gasteiger partial charge is 0.307 e. The van der Waals surface area contributed by atoms with Crippen molar-refractivity contribution in [1.29, 1.82) is 0 Å². The number of thiazole rings is 1. The van der Waals surface area contributed by atoms with Crippen molar-refractivity contribution in [3.63, 3.8) is 0 Å². The van der Waals surface area contributed by atoms with E-state index in [0.717, 1.165) is 38.4 Å². The zero-order valence-corrected chi connectivity index (χ0v) is 17.7. The quantitative estimate of drug-likeness (QED) is 0.701. The molecule has 0 spiro atoms. The molecular weight excluding hydrogens is 372 g/mol. The van der Waals surface area contributed by atoms with Gasteiger partial charge in [-0.2, -0.15) is 0 Å². The van der Waals surface area contributed by atoms with Crippen LogP contribution >= 0.6 is 11.3 Å². The van der Waals surface area contributed by atoms with Crippen molar-refractivity contribution in [3.05, 3.63) is 45.3 Å². The van der Waals surface area contributed by atoms with E-state index >= 15 is 0 Å². The third kappa shape index (κ3) is 4.02. The van der Waals surface area contributed by atoms with E-state index < -0.39 is 17.8 Å². The maximum atomic E-state index is 12.9. The molecule has 1 aromatic carbocycles. The molecule has 0 bridgehead atoms. The van der Waals surface area contributed by atoms with Gasteiger partial charge in [0.1, 0.15) is 0 Å². The number of amides is 1. The predicted octanol–water partition coefficient (Wildman–Crippen LogP) is 5.12. The van der Waals surface area contributed by atoms with Crippen LogP contribution in [0, 0.1) is 32.6 Å². The number of aliphatic carboxylic acids is 1. The number of allylic oxidation sites excluding steroid dienone is 2. The molecule has 0 aliphatic heterocycles. The fourth-order valence-corrected chi connectivity index (χ4v) is 4.55. The van der Waals surface area contributed by atoms with Crippen molar-refractivity contribution in [2.75, 3.05) is 5.32 Å². The number of aryl methyl sites for hydroxylation is 3. The molecule has 2 atom stereocenters. The van der Waals surface area contributed by atoms with E-state index in [9.17, 15) is 14.7 Å². The molecular formula is C22H26N2O3S. The maximum absolute atomic E-state index is 12.9. The minimum atomic E-state index is -0.918. The first-order chi connectivity index (χ1) is 13.2. The highest BCUT2D eigenvalue weighted by atomic mass is 32.1. The van der Waals surface area contributed by atoms with Gasteiger partial charge in [0.2, 0.25) is 5.91 Å². The zero-order chi connectivity index (χ0) is 20.6. The first-order valence-corrected chi connectivity index (χ1v) is 10.2. The van der Waals surface area contributed by atoms with E-state index in [1.807, 2.05) is 34.6 Å². The van der Waals surface area contributed by atoms with Crippen LogP contribution in [-0.4, -0.2) is 22.0 Å². The van der Waals surface area contributed by atoms with Crippen molar-refractivity contribution in [1.82, 2.24) is 4.98 Å². The van der Waals surface area contributed by atoms with Gasteiger partial charge in [-0.1, -0.05) is 28.8 Å². The Morgan fingerprint density at radius 3 is 2.36 bits per heavy atom. The lowest BCUT2D eigenvalue weighted by atomic mass is 9.76. The summed E-state index contributed by atoms with van der Waals surface area (Å²) in [5, 5.41) is 13.0. The number of hydrogen-bond acceptors (Lipinski definition) is 4. The Kier molecular flexibility index (Phi) is 5.70. The molecule has 28 heavy (non-hydrogen) atoms. The Morgan fingerprint density at radius 2 is 1.71 bits per heavy atom. The van der Waals surface area contributed by atoms with Gasteiger partial charge in [0.15, 0.2) is 5.13 Å². The number of nitrogens with one attached hydrogen (secondary N) is 1. The summed E-state index contributed by atoms with van der Waals surface area (Å²) >= 11 is 1.42. The summed E-state index contributed by atoms with van der Waals surface area (Å²) in [6.07, 6.45) is 0.896. The number of carboxylic acid groups (broad SMARTS) is 1. The minimum absolute atomic E-state index is 0.263. The van der Waals surface area contributed by atoms with Gasteiger partial charge in [-0.15, -0.1) is 11.3 Å². The van der Waals surface area contributed by atoms with Crippen molar-refractivity contribution in [2.24, 2.45) is 11.8 Å². The summed E-state index contributed by atoms with van der Waals surface area (Å²) in [5.41, 5.74) is 6.38. The highest BCUT2D eigenvalue weighted by molar-refractivity contribution is 7.16. The molecule has 1 aliphatic carbocycles. The number of hydrogen-bond donors (Lipinski definition) is 2. The molecule has 0 unspecified atom stereocenters. The third-order valence-electron chi connectivity index (χ3n) is 5.60. The van der Waals surface area contributed by atoms with Gasteiger partial charge in [0, 0.05) is 10.4 Å². The fourth-order valence-electron chi connectivity index (χ4n) is 3.72. The maximum Gasteiger partial charge on any atom is 0.307 e. The van der Waals surface area contributed by atoms with Gasteiger partial charge in [-0.25, -0.2) is 4.98 Å². The van der Waals surface area contributed by atoms with Gasteiger partial charge in [-0.3, -0.25) is 9.59 Å². The molecule has 1 aromatic heterocycles. The van der Waals surface area contributed by atoms with Crippen LogP contribution < -0.4 is 5.32 Å². The van der Waals surface area contributed by atoms with E-state index in [0.29, 0.717) is 18.0 Å². The van der Waals surface area contributed by atoms with Crippen LogP contribution in [0.2, 0.25) is 0 Å². The molecule has 1 heterocycles. The van der Waals surface area contributed by atoms with Crippen molar-refractivity contribution < 1.29 is 14.7 Å². The summed E-state index contributed by atoms with van der Waals surface area (Å²) < 4.78 is 0. The van der Waals surface area contributed by atoms with E-state index in [1.54, 1.807) is 0 Å². The van der Waals surface area contributed by atoms with E-state index in [1.165, 1.54) is 11.3 Å². The minimum Gasteiger partial charge on any atom is -0.481 e. The molecule has 0 saturated heterocycles. The Hall–Kier alpha value is -2.47. The second-order valence-electron chi connectivity index (χ2n) is 7.75. The fraction of sp³-hybridized carbons (Fsp3) is 0.409. The Balaban J connectivity index is 1.85. The lowest BCUT2D eigenvalue weighted by Gasteiger charge is -2.29. The number of nitrogens with zero attached hydrogens (tertiary/aromatic N) is 1. The van der Waals surface area contributed by atoms with Gasteiger partial charge >= 0.3 is 5.97 Å². The van der Waals surface area contributed by atoms with Gasteiger partial charge in [0.25, 0.3) is 0 Å². The van der Waals surface area contributed by atoms with Crippen LogP contribution in [0.1, 0.15) is 42.7 Å². The number of carbonyl (C=O) groups excluding carboxylic acids is 1. The highest BCUT2D eigenvalue weighted by Crippen LogP contribution is 2.37. The van der Waals surface area contributed by atoms with Gasteiger partial charge in [0.05, 0.1) is 17.5 Å². The molecule has 1 amide bonds. The first-order valence-electron chi connectivity index (χ1n) is 9.41. The van der Waals surface area contributed by atoms with Crippen LogP contribution in [0.3, 0.4) is 0 Å². The Bertz CT molecular complexity index is 974. The van der Waals surface area contributed by atoms with Crippen molar-refractivity contribution in [3.8, 4) is 11.3 Å². The summed E-state index contributed by atoms with van der Waals surface area (Å²) in [4.78, 5) is 30.2. The number of anilines is 1. The molecule has 2 aromatic rings. The summed E-state index contributed by atoms with van der Waals surface area (Å²) in [7, 11) is 0. The van der Waals surface area contributed by atoms with E-state index in [4.69, 9.17) is 0 Å². The molecule has 0 radical (unpaired) electrons. The first kappa shape index (κ1) is 20.3. The van der Waals surface area contributed by atoms with Crippen molar-refractivity contribution in [2.45, 2.75) is 47.5 Å². The largest absolute Gasteiger partial charge is 0.481 e. The van der Waals surface area contributed by atoms with Crippen LogP contribution in [0.5, 0.6) is 0 Å². The standard InChI is InChI=1S/C22H26N2O3S/c1-11-6-7-12(2)16(8-11)19-15(5)28-22(23-19)24-20(25)17-9-13(3)14(4)10-18(17)21(26)27/h6-8,17-18H,9-10H2,1-5H3,(H,26,27)(H,23,24,25)/t17-,18+/m1/s1. The van der Waals surface area contributed by atoms with Crippen LogP contribution in [-0.2, 0) is 9.59 Å². The van der Waals surface area contributed by atoms with E-state index in [-0.39, 0.29) is 5.91 Å². The Morgan fingerprint density at radius 1 is 1.07 bits per heavy atom.